The van der Waals surface area contributed by atoms with Crippen LogP contribution in [0.4, 0.5) is 5.69 Å². The van der Waals surface area contributed by atoms with Gasteiger partial charge in [0.05, 0.1) is 12.0 Å². The molecule has 164 valence electrons. The maximum absolute atomic E-state index is 12.9. The monoisotopic (exact) mass is 432 g/mol. The molecule has 1 atom stereocenters. The predicted octanol–water partition coefficient (Wildman–Crippen LogP) is 2.03. The second-order valence-corrected chi connectivity index (χ2v) is 9.64. The van der Waals surface area contributed by atoms with Crippen LogP contribution in [0.5, 0.6) is 5.75 Å². The molecule has 1 fully saturated rings. The second kappa shape index (κ2) is 9.78. The molecule has 0 aliphatic carbocycles. The minimum atomic E-state index is -3.61. The van der Waals surface area contributed by atoms with Crippen LogP contribution in [0.25, 0.3) is 0 Å². The lowest BCUT2D eigenvalue weighted by Crippen LogP contribution is -2.48. The molecule has 0 aromatic heterocycles. The zero-order valence-electron chi connectivity index (χ0n) is 18.2. The largest absolute Gasteiger partial charge is 0.497 e. The number of likely N-dealkylation sites (N-methyl/N-ethyl adjacent to an activating group) is 1. The van der Waals surface area contributed by atoms with Gasteiger partial charge in [-0.1, -0.05) is 12.1 Å². The third-order valence-electron chi connectivity index (χ3n) is 5.61. The number of piperazine rings is 1. The first-order valence-corrected chi connectivity index (χ1v) is 11.6. The van der Waals surface area contributed by atoms with Gasteiger partial charge >= 0.3 is 0 Å². The average Bonchev–Trinajstić information content (AvgIpc) is 2.75. The van der Waals surface area contributed by atoms with Crippen molar-refractivity contribution in [3.05, 3.63) is 54.1 Å². The van der Waals surface area contributed by atoms with Crippen molar-refractivity contribution in [3.63, 3.8) is 0 Å². The SMILES string of the molecule is COc1ccc(S(=O)(=O)NCC(c2ccc(N(C)C)cc2)N2CCN(C)CC2)cc1. The summed E-state index contributed by atoms with van der Waals surface area (Å²) < 4.78 is 33.7. The number of nitrogens with one attached hydrogen (secondary N) is 1. The quantitative estimate of drug-likeness (QED) is 0.689. The van der Waals surface area contributed by atoms with Gasteiger partial charge < -0.3 is 14.5 Å². The molecule has 1 aliphatic rings. The topological polar surface area (TPSA) is 65.1 Å². The van der Waals surface area contributed by atoms with Gasteiger partial charge in [-0.15, -0.1) is 0 Å². The van der Waals surface area contributed by atoms with Crippen molar-refractivity contribution in [3.8, 4) is 5.75 Å². The average molecular weight is 433 g/mol. The van der Waals surface area contributed by atoms with Crippen molar-refractivity contribution >= 4 is 15.7 Å². The molecule has 8 heteroatoms. The number of benzene rings is 2. The summed E-state index contributed by atoms with van der Waals surface area (Å²) in [5, 5.41) is 0. The Morgan fingerprint density at radius 2 is 1.60 bits per heavy atom. The van der Waals surface area contributed by atoms with Crippen LogP contribution in [0, 0.1) is 0 Å². The van der Waals surface area contributed by atoms with Crippen molar-refractivity contribution in [1.29, 1.82) is 0 Å². The molecule has 2 aromatic rings. The van der Waals surface area contributed by atoms with Crippen molar-refractivity contribution in [1.82, 2.24) is 14.5 Å². The maximum atomic E-state index is 12.9. The Morgan fingerprint density at radius 3 is 2.13 bits per heavy atom. The van der Waals surface area contributed by atoms with Gasteiger partial charge in [0.1, 0.15) is 5.75 Å². The Hall–Kier alpha value is -2.13. The van der Waals surface area contributed by atoms with Gasteiger partial charge in [-0.3, -0.25) is 4.90 Å². The van der Waals surface area contributed by atoms with Gasteiger partial charge in [0, 0.05) is 58.5 Å². The van der Waals surface area contributed by atoms with Crippen LogP contribution < -0.4 is 14.4 Å². The number of nitrogens with zero attached hydrogens (tertiary/aromatic N) is 3. The first kappa shape index (κ1) is 22.6. The number of hydrogen-bond acceptors (Lipinski definition) is 6. The Bertz CT molecular complexity index is 906. The Kier molecular flexibility index (Phi) is 7.36. The molecular weight excluding hydrogens is 400 g/mol. The lowest BCUT2D eigenvalue weighted by molar-refractivity contribution is 0.113. The number of ether oxygens (including phenoxy) is 1. The molecule has 0 saturated carbocycles. The Labute approximate surface area is 180 Å². The molecule has 7 nitrogen and oxygen atoms in total. The Balaban J connectivity index is 1.79. The van der Waals surface area contributed by atoms with Gasteiger partial charge in [-0.05, 0) is 49.0 Å². The first-order valence-electron chi connectivity index (χ1n) is 10.1. The van der Waals surface area contributed by atoms with E-state index in [0.29, 0.717) is 12.3 Å². The lowest BCUT2D eigenvalue weighted by atomic mass is 10.0. The summed E-state index contributed by atoms with van der Waals surface area (Å²) >= 11 is 0. The first-order chi connectivity index (χ1) is 14.3. The lowest BCUT2D eigenvalue weighted by Gasteiger charge is -2.38. The third-order valence-corrected chi connectivity index (χ3v) is 7.05. The fraction of sp³-hybridized carbons (Fsp3) is 0.455. The van der Waals surface area contributed by atoms with E-state index < -0.39 is 10.0 Å². The molecule has 1 aliphatic heterocycles. The van der Waals surface area contributed by atoms with E-state index in [2.05, 4.69) is 50.7 Å². The van der Waals surface area contributed by atoms with Crippen molar-refractivity contribution in [2.75, 3.05) is 65.9 Å². The normalized spacial score (nSPS) is 16.9. The standard InChI is InChI=1S/C22H32N4O3S/c1-24(2)19-7-5-18(6-8-19)22(26-15-13-25(3)14-16-26)17-23-30(27,28)21-11-9-20(29-4)10-12-21/h5-12,22-23H,13-17H2,1-4H3. The van der Waals surface area contributed by atoms with Gasteiger partial charge in [0.15, 0.2) is 0 Å². The summed E-state index contributed by atoms with van der Waals surface area (Å²) in [6.07, 6.45) is 0. The molecule has 1 heterocycles. The van der Waals surface area contributed by atoms with Crippen LogP contribution in [0.3, 0.4) is 0 Å². The van der Waals surface area contributed by atoms with E-state index >= 15 is 0 Å². The summed E-state index contributed by atoms with van der Waals surface area (Å²) in [5.41, 5.74) is 2.23. The zero-order chi connectivity index (χ0) is 21.7. The summed E-state index contributed by atoms with van der Waals surface area (Å²) in [6, 6.07) is 14.8. The van der Waals surface area contributed by atoms with E-state index in [1.165, 1.54) is 0 Å². The van der Waals surface area contributed by atoms with E-state index in [4.69, 9.17) is 4.74 Å². The minimum absolute atomic E-state index is 0.0251. The number of methoxy groups -OCH3 is 1. The molecule has 2 aromatic carbocycles. The zero-order valence-corrected chi connectivity index (χ0v) is 19.0. The summed E-state index contributed by atoms with van der Waals surface area (Å²) in [4.78, 5) is 6.95. The van der Waals surface area contributed by atoms with E-state index in [-0.39, 0.29) is 10.9 Å². The summed E-state index contributed by atoms with van der Waals surface area (Å²) in [6.45, 7) is 4.07. The van der Waals surface area contributed by atoms with Gasteiger partial charge in [0.2, 0.25) is 10.0 Å². The summed E-state index contributed by atoms with van der Waals surface area (Å²) in [7, 11) is 4.08. The third kappa shape index (κ3) is 5.51. The highest BCUT2D eigenvalue weighted by atomic mass is 32.2. The molecule has 30 heavy (non-hydrogen) atoms. The van der Waals surface area contributed by atoms with Gasteiger partial charge in [-0.25, -0.2) is 13.1 Å². The molecule has 3 rings (SSSR count). The fourth-order valence-electron chi connectivity index (χ4n) is 3.61. The summed E-state index contributed by atoms with van der Waals surface area (Å²) in [5.74, 6) is 0.630. The molecule has 1 saturated heterocycles. The maximum Gasteiger partial charge on any atom is 0.240 e. The highest BCUT2D eigenvalue weighted by Crippen LogP contribution is 2.25. The fourth-order valence-corrected chi connectivity index (χ4v) is 4.65. The molecule has 0 radical (unpaired) electrons. The van der Waals surface area contributed by atoms with E-state index in [1.807, 2.05) is 14.1 Å². The van der Waals surface area contributed by atoms with E-state index in [0.717, 1.165) is 37.4 Å². The molecule has 1 unspecified atom stereocenters. The van der Waals surface area contributed by atoms with Gasteiger partial charge in [-0.2, -0.15) is 0 Å². The van der Waals surface area contributed by atoms with Crippen molar-refractivity contribution < 1.29 is 13.2 Å². The van der Waals surface area contributed by atoms with Crippen LogP contribution in [-0.2, 0) is 10.0 Å². The number of sulfonamides is 1. The molecule has 0 amide bonds. The Morgan fingerprint density at radius 1 is 1.00 bits per heavy atom. The van der Waals surface area contributed by atoms with Crippen LogP contribution in [0.2, 0.25) is 0 Å². The number of rotatable bonds is 8. The highest BCUT2D eigenvalue weighted by Gasteiger charge is 2.26. The molecule has 1 N–H and O–H groups in total. The predicted molar refractivity (Wildman–Crippen MR) is 121 cm³/mol. The van der Waals surface area contributed by atoms with E-state index in [1.54, 1.807) is 31.4 Å². The molecular formula is C22H32N4O3S. The van der Waals surface area contributed by atoms with Crippen LogP contribution in [0.15, 0.2) is 53.4 Å². The molecule has 0 bridgehead atoms. The van der Waals surface area contributed by atoms with Crippen molar-refractivity contribution in [2.45, 2.75) is 10.9 Å². The van der Waals surface area contributed by atoms with Crippen LogP contribution >= 0.6 is 0 Å². The molecule has 0 spiro atoms. The van der Waals surface area contributed by atoms with Crippen molar-refractivity contribution in [2.24, 2.45) is 0 Å². The van der Waals surface area contributed by atoms with Gasteiger partial charge in [0.25, 0.3) is 0 Å². The highest BCUT2D eigenvalue weighted by molar-refractivity contribution is 7.89. The smallest absolute Gasteiger partial charge is 0.240 e. The second-order valence-electron chi connectivity index (χ2n) is 7.87. The minimum Gasteiger partial charge on any atom is -0.497 e. The van der Waals surface area contributed by atoms with E-state index in [9.17, 15) is 8.42 Å². The van der Waals surface area contributed by atoms with Crippen LogP contribution in [-0.4, -0.2) is 79.2 Å². The number of hydrogen-bond donors (Lipinski definition) is 1. The van der Waals surface area contributed by atoms with Crippen LogP contribution in [0.1, 0.15) is 11.6 Å². The number of anilines is 1.